The maximum absolute atomic E-state index is 12.1. The van der Waals surface area contributed by atoms with Crippen LogP contribution in [0.15, 0.2) is 44.1 Å². The summed E-state index contributed by atoms with van der Waals surface area (Å²) in [4.78, 5) is 12.1. The molecule has 1 aromatic carbocycles. The fraction of sp³-hybridized carbons (Fsp3) is 0.333. The highest BCUT2D eigenvalue weighted by atomic mass is 31.2. The summed E-state index contributed by atoms with van der Waals surface area (Å²) in [6.45, 7) is 3.41. The Morgan fingerprint density at radius 2 is 1.71 bits per heavy atom. The van der Waals surface area contributed by atoms with E-state index in [0.717, 1.165) is 0 Å². The van der Waals surface area contributed by atoms with E-state index in [2.05, 4.69) is 20.5 Å². The van der Waals surface area contributed by atoms with Crippen molar-refractivity contribution in [3.05, 3.63) is 35.9 Å². The molecule has 0 radical (unpaired) electrons. The van der Waals surface area contributed by atoms with E-state index < -0.39 is 30.2 Å². The quantitative estimate of drug-likeness (QED) is 0.450. The summed E-state index contributed by atoms with van der Waals surface area (Å²) < 4.78 is 38.3. The maximum Gasteiger partial charge on any atom is 0.346 e. The van der Waals surface area contributed by atoms with Gasteiger partial charge in [-0.15, -0.1) is 0 Å². The van der Waals surface area contributed by atoms with Crippen LogP contribution in [0.2, 0.25) is 0 Å². The Hall–Kier alpha value is -0.910. The van der Waals surface area contributed by atoms with Gasteiger partial charge in [0, 0.05) is 28.4 Å². The van der Waals surface area contributed by atoms with Crippen LogP contribution >= 0.6 is 24.3 Å². The second-order valence-corrected chi connectivity index (χ2v) is 9.36. The van der Waals surface area contributed by atoms with Crippen LogP contribution in [0.4, 0.5) is 0 Å². The Kier molecular flexibility index (Phi) is 9.56. The highest BCUT2D eigenvalue weighted by molar-refractivity contribution is 7.67. The van der Waals surface area contributed by atoms with Gasteiger partial charge < -0.3 is 22.6 Å². The number of hydrogen-bond donors (Lipinski definition) is 0. The van der Waals surface area contributed by atoms with Crippen LogP contribution in [0.1, 0.15) is 10.4 Å². The third-order valence-electron chi connectivity index (χ3n) is 2.51. The molecule has 0 bridgehead atoms. The lowest BCUT2D eigenvalue weighted by Gasteiger charge is -2.18. The molecular weight excluding hydrogens is 375 g/mol. The molecule has 1 rings (SSSR count). The first kappa shape index (κ1) is 21.1. The van der Waals surface area contributed by atoms with Crippen molar-refractivity contribution in [3.63, 3.8) is 0 Å². The van der Waals surface area contributed by atoms with Gasteiger partial charge in [0.05, 0.1) is 5.56 Å². The molecule has 9 nitrogen and oxygen atoms in total. The molecule has 12 heteroatoms. The molecule has 0 aromatic heterocycles. The molecule has 0 aliphatic rings. The number of benzene rings is 1. The first-order chi connectivity index (χ1) is 11.5. The molecule has 0 saturated heterocycles. The average molecular weight is 395 g/mol. The smallest absolute Gasteiger partial charge is 0.346 e. The SMILES string of the molecule is C=N/[PH](=N\P(=NP(OC)OC)(OC)OC)OC(=O)c1ccccc1. The Balaban J connectivity index is 3.14. The average Bonchev–Trinajstić information content (AvgIpc) is 2.65. The van der Waals surface area contributed by atoms with E-state index in [1.165, 1.54) is 28.4 Å². The molecule has 1 unspecified atom stereocenters. The Bertz CT molecular complexity index is 628. The fourth-order valence-corrected chi connectivity index (χ4v) is 6.41. The lowest BCUT2D eigenvalue weighted by molar-refractivity contribution is 0.0757. The molecule has 1 aromatic rings. The molecule has 0 amide bonds. The van der Waals surface area contributed by atoms with E-state index in [1.807, 2.05) is 0 Å². The van der Waals surface area contributed by atoms with E-state index in [4.69, 9.17) is 22.6 Å². The lowest BCUT2D eigenvalue weighted by atomic mass is 10.2. The van der Waals surface area contributed by atoms with Crippen molar-refractivity contribution in [2.24, 2.45) is 13.8 Å². The van der Waals surface area contributed by atoms with Gasteiger partial charge in [-0.2, -0.15) is 9.03 Å². The molecule has 24 heavy (non-hydrogen) atoms. The molecule has 0 N–H and O–H groups in total. The molecular formula is C12H20N3O6P3. The van der Waals surface area contributed by atoms with Crippen molar-refractivity contribution >= 4 is 37.0 Å². The molecule has 134 valence electrons. The van der Waals surface area contributed by atoms with E-state index in [-0.39, 0.29) is 0 Å². The van der Waals surface area contributed by atoms with Crippen molar-refractivity contribution in [2.75, 3.05) is 28.4 Å². The maximum atomic E-state index is 12.1. The fourth-order valence-electron chi connectivity index (χ4n) is 1.40. The van der Waals surface area contributed by atoms with Gasteiger partial charge >= 0.3 is 22.2 Å². The molecule has 0 saturated carbocycles. The van der Waals surface area contributed by atoms with E-state index in [0.29, 0.717) is 5.56 Å². The molecule has 0 spiro atoms. The van der Waals surface area contributed by atoms with Gasteiger partial charge in [0.2, 0.25) is 8.09 Å². The van der Waals surface area contributed by atoms with Crippen LogP contribution in [0.5, 0.6) is 0 Å². The predicted molar refractivity (Wildman–Crippen MR) is 96.5 cm³/mol. The molecule has 0 fully saturated rings. The lowest BCUT2D eigenvalue weighted by Crippen LogP contribution is -1.98. The van der Waals surface area contributed by atoms with Gasteiger partial charge in [0.15, 0.2) is 0 Å². The van der Waals surface area contributed by atoms with Crippen molar-refractivity contribution < 1.29 is 27.4 Å². The largest absolute Gasteiger partial charge is 0.409 e. The van der Waals surface area contributed by atoms with Gasteiger partial charge in [0.25, 0.3) is 0 Å². The minimum atomic E-state index is -3.10. The summed E-state index contributed by atoms with van der Waals surface area (Å²) >= 11 is 0. The van der Waals surface area contributed by atoms with Gasteiger partial charge in [-0.25, -0.2) is 9.56 Å². The summed E-state index contributed by atoms with van der Waals surface area (Å²) in [7, 11) is -1.46. The number of hydrogen-bond acceptors (Lipinski definition) is 7. The van der Waals surface area contributed by atoms with Crippen LogP contribution in [0, 0.1) is 0 Å². The first-order valence-electron chi connectivity index (χ1n) is 6.50. The van der Waals surface area contributed by atoms with Crippen molar-refractivity contribution in [2.45, 2.75) is 0 Å². The van der Waals surface area contributed by atoms with Crippen LogP contribution in [0.25, 0.3) is 0 Å². The Morgan fingerprint density at radius 1 is 1.12 bits per heavy atom. The first-order valence-corrected chi connectivity index (χ1v) is 10.5. The minimum Gasteiger partial charge on any atom is -0.409 e. The second kappa shape index (κ2) is 10.9. The zero-order chi connectivity index (χ0) is 18.0. The Morgan fingerprint density at radius 3 is 2.17 bits per heavy atom. The number of nitrogens with zero attached hydrogens (tertiary/aromatic N) is 3. The van der Waals surface area contributed by atoms with Crippen LogP contribution in [-0.2, 0) is 22.6 Å². The Labute approximate surface area is 143 Å². The van der Waals surface area contributed by atoms with Gasteiger partial charge in [-0.3, -0.25) is 0 Å². The summed E-state index contributed by atoms with van der Waals surface area (Å²) in [6.07, 6.45) is 0. The highest BCUT2D eigenvalue weighted by Crippen LogP contribution is 2.63. The van der Waals surface area contributed by atoms with E-state index in [9.17, 15) is 4.79 Å². The summed E-state index contributed by atoms with van der Waals surface area (Å²) in [6, 6.07) is 8.49. The predicted octanol–water partition coefficient (Wildman–Crippen LogP) is 4.53. The van der Waals surface area contributed by atoms with Crippen molar-refractivity contribution in [1.29, 1.82) is 0 Å². The standard InChI is InChI=1S/C12H20N3O6P3/c1-13-22(21-12(16)11-9-7-6-8-10-11)14-24(19-4,20-5)15-23(17-2)18-3/h6-10,22H,1H2,2-5H3. The van der Waals surface area contributed by atoms with Gasteiger partial charge in [-0.05, 0) is 18.9 Å². The van der Waals surface area contributed by atoms with E-state index >= 15 is 0 Å². The number of carbonyl (C=O) groups excluding carboxylic acids is 1. The van der Waals surface area contributed by atoms with Crippen LogP contribution < -0.4 is 0 Å². The normalized spacial score (nSPS) is 12.9. The minimum absolute atomic E-state index is 0.380. The number of carbonyl (C=O) groups is 1. The highest BCUT2D eigenvalue weighted by Gasteiger charge is 2.24. The third kappa shape index (κ3) is 6.19. The summed E-state index contributed by atoms with van der Waals surface area (Å²) in [5, 5.41) is 0. The number of rotatable bonds is 9. The topological polar surface area (TPSA) is 100 Å². The van der Waals surface area contributed by atoms with Crippen molar-refractivity contribution in [1.82, 2.24) is 0 Å². The third-order valence-corrected chi connectivity index (χ3v) is 7.91. The van der Waals surface area contributed by atoms with Crippen LogP contribution in [0.3, 0.4) is 0 Å². The molecule has 0 aliphatic heterocycles. The zero-order valence-electron chi connectivity index (χ0n) is 13.8. The van der Waals surface area contributed by atoms with E-state index in [1.54, 1.807) is 30.3 Å². The summed E-state index contributed by atoms with van der Waals surface area (Å²) in [5.41, 5.74) is 0.380. The van der Waals surface area contributed by atoms with Crippen LogP contribution in [-0.4, -0.2) is 41.1 Å². The monoisotopic (exact) mass is 395 g/mol. The second-order valence-electron chi connectivity index (χ2n) is 3.84. The van der Waals surface area contributed by atoms with Gasteiger partial charge in [-0.1, -0.05) is 18.2 Å². The van der Waals surface area contributed by atoms with Gasteiger partial charge in [0.1, 0.15) is 0 Å². The zero-order valence-corrected chi connectivity index (χ0v) is 16.6. The van der Waals surface area contributed by atoms with Crippen molar-refractivity contribution in [3.8, 4) is 0 Å². The molecule has 0 heterocycles. The molecule has 0 aliphatic carbocycles. The summed E-state index contributed by atoms with van der Waals surface area (Å²) in [5.74, 6) is -0.563. The molecule has 1 atom stereocenters.